The number of hydrogen-bond donors (Lipinski definition) is 2. The Morgan fingerprint density at radius 1 is 1.33 bits per heavy atom. The van der Waals surface area contributed by atoms with Crippen molar-refractivity contribution in [2.75, 3.05) is 0 Å². The highest BCUT2D eigenvalue weighted by molar-refractivity contribution is 5.67. The molecule has 0 unspecified atom stereocenters. The zero-order valence-corrected chi connectivity index (χ0v) is 11.1. The van der Waals surface area contributed by atoms with Gasteiger partial charge in [0.05, 0.1) is 23.6 Å². The fourth-order valence-electron chi connectivity index (χ4n) is 2.01. The van der Waals surface area contributed by atoms with Gasteiger partial charge in [0.15, 0.2) is 0 Å². The van der Waals surface area contributed by atoms with Gasteiger partial charge in [0, 0.05) is 18.2 Å². The van der Waals surface area contributed by atoms with Crippen LogP contribution in [0.3, 0.4) is 0 Å². The van der Waals surface area contributed by atoms with Crippen molar-refractivity contribution < 1.29 is 19.2 Å². The molecule has 0 spiro atoms. The molecule has 7 nitrogen and oxygen atoms in total. The summed E-state index contributed by atoms with van der Waals surface area (Å²) in [6.07, 6.45) is 1.28. The van der Waals surface area contributed by atoms with Gasteiger partial charge in [-0.25, -0.2) is 0 Å². The third kappa shape index (κ3) is 3.90. The number of rotatable bonds is 7. The van der Waals surface area contributed by atoms with E-state index in [1.54, 1.807) is 30.3 Å². The zero-order valence-electron chi connectivity index (χ0n) is 11.1. The van der Waals surface area contributed by atoms with E-state index < -0.39 is 16.9 Å². The molecule has 1 aromatic carbocycles. The largest absolute Gasteiger partial charge is 0.481 e. The summed E-state index contributed by atoms with van der Waals surface area (Å²) >= 11 is 0. The smallest absolute Gasteiger partial charge is 0.305 e. The van der Waals surface area contributed by atoms with Gasteiger partial charge in [-0.1, -0.05) is 18.2 Å². The van der Waals surface area contributed by atoms with Crippen LogP contribution in [-0.4, -0.2) is 16.0 Å². The lowest BCUT2D eigenvalue weighted by atomic mass is 10.1. The van der Waals surface area contributed by atoms with Crippen molar-refractivity contribution in [3.05, 3.63) is 64.1 Å². The fourth-order valence-corrected chi connectivity index (χ4v) is 2.01. The van der Waals surface area contributed by atoms with Crippen molar-refractivity contribution in [2.45, 2.75) is 19.0 Å². The van der Waals surface area contributed by atoms with Crippen molar-refractivity contribution in [3.8, 4) is 0 Å². The second kappa shape index (κ2) is 6.67. The lowest BCUT2D eigenvalue weighted by molar-refractivity contribution is -0.385. The second-order valence-electron chi connectivity index (χ2n) is 4.43. The van der Waals surface area contributed by atoms with Crippen molar-refractivity contribution in [1.29, 1.82) is 0 Å². The van der Waals surface area contributed by atoms with Gasteiger partial charge < -0.3 is 14.8 Å². The van der Waals surface area contributed by atoms with E-state index >= 15 is 0 Å². The maximum atomic E-state index is 10.9. The summed E-state index contributed by atoms with van der Waals surface area (Å²) in [6.45, 7) is 0.176. The lowest BCUT2D eigenvalue weighted by Gasteiger charge is -2.14. The third-order valence-corrected chi connectivity index (χ3v) is 2.99. The van der Waals surface area contributed by atoms with Gasteiger partial charge in [0.25, 0.3) is 5.69 Å². The molecule has 0 bridgehead atoms. The number of carboxylic acids is 1. The van der Waals surface area contributed by atoms with Crippen molar-refractivity contribution in [2.24, 2.45) is 0 Å². The van der Waals surface area contributed by atoms with E-state index in [-0.39, 0.29) is 18.7 Å². The summed E-state index contributed by atoms with van der Waals surface area (Å²) in [6, 6.07) is 9.11. The Balaban J connectivity index is 2.12. The number of furan rings is 1. The quantitative estimate of drug-likeness (QED) is 0.599. The Morgan fingerprint density at radius 2 is 2.10 bits per heavy atom. The second-order valence-corrected chi connectivity index (χ2v) is 4.43. The van der Waals surface area contributed by atoms with Crippen LogP contribution in [0.5, 0.6) is 0 Å². The van der Waals surface area contributed by atoms with Gasteiger partial charge in [-0.2, -0.15) is 0 Å². The van der Waals surface area contributed by atoms with Crippen LogP contribution in [0.15, 0.2) is 47.1 Å². The number of nitrogens with one attached hydrogen (secondary N) is 1. The number of carboxylic acid groups (broad SMARTS) is 1. The minimum atomic E-state index is -0.980. The molecule has 0 aliphatic carbocycles. The third-order valence-electron chi connectivity index (χ3n) is 2.99. The summed E-state index contributed by atoms with van der Waals surface area (Å²) in [5, 5.41) is 22.9. The predicted molar refractivity (Wildman–Crippen MR) is 73.6 cm³/mol. The molecular weight excluding hydrogens is 276 g/mol. The molecule has 0 amide bonds. The van der Waals surface area contributed by atoms with E-state index in [0.717, 1.165) is 0 Å². The number of para-hydroxylation sites is 1. The molecule has 0 saturated heterocycles. The van der Waals surface area contributed by atoms with Crippen LogP contribution in [0.2, 0.25) is 0 Å². The number of nitrogens with zero attached hydrogens (tertiary/aromatic N) is 1. The first-order chi connectivity index (χ1) is 10.1. The molecule has 2 aromatic rings. The maximum Gasteiger partial charge on any atom is 0.305 e. The monoisotopic (exact) mass is 290 g/mol. The van der Waals surface area contributed by atoms with Crippen LogP contribution < -0.4 is 5.32 Å². The molecule has 0 aliphatic rings. The molecule has 0 radical (unpaired) electrons. The van der Waals surface area contributed by atoms with Crippen LogP contribution in [0, 0.1) is 10.1 Å². The summed E-state index contributed by atoms with van der Waals surface area (Å²) in [4.78, 5) is 21.4. The summed E-state index contributed by atoms with van der Waals surface area (Å²) in [7, 11) is 0. The normalized spacial score (nSPS) is 12.0. The van der Waals surface area contributed by atoms with Gasteiger partial charge >= 0.3 is 5.97 Å². The summed E-state index contributed by atoms with van der Waals surface area (Å²) in [5.74, 6) is -0.498. The first-order valence-corrected chi connectivity index (χ1v) is 6.29. The first kappa shape index (κ1) is 14.7. The Labute approximate surface area is 120 Å². The number of hydrogen-bond acceptors (Lipinski definition) is 5. The molecule has 1 atom stereocenters. The SMILES string of the molecule is O=C(O)C[C@@H](NCc1ccccc1[N+](=O)[O-])c1ccco1. The lowest BCUT2D eigenvalue weighted by Crippen LogP contribution is -2.23. The van der Waals surface area contributed by atoms with E-state index in [2.05, 4.69) is 5.32 Å². The molecule has 2 N–H and O–H groups in total. The Morgan fingerprint density at radius 3 is 2.71 bits per heavy atom. The highest BCUT2D eigenvalue weighted by Crippen LogP contribution is 2.21. The highest BCUT2D eigenvalue weighted by Gasteiger charge is 2.19. The van der Waals surface area contributed by atoms with Crippen molar-refractivity contribution >= 4 is 11.7 Å². The van der Waals surface area contributed by atoms with E-state index in [4.69, 9.17) is 9.52 Å². The van der Waals surface area contributed by atoms with E-state index in [1.807, 2.05) is 0 Å². The first-order valence-electron chi connectivity index (χ1n) is 6.29. The molecule has 2 rings (SSSR count). The minimum absolute atomic E-state index is 0.00137. The molecule has 0 aliphatic heterocycles. The van der Waals surface area contributed by atoms with Crippen LogP contribution in [0.4, 0.5) is 5.69 Å². The predicted octanol–water partition coefficient (Wildman–Crippen LogP) is 2.49. The van der Waals surface area contributed by atoms with Gasteiger partial charge in [0.1, 0.15) is 5.76 Å². The molecule has 110 valence electrons. The number of nitro benzene ring substituents is 1. The Hall–Kier alpha value is -2.67. The van der Waals surface area contributed by atoms with Gasteiger partial charge in [-0.15, -0.1) is 0 Å². The Bertz CT molecular complexity index is 624. The summed E-state index contributed by atoms with van der Waals surface area (Å²) in [5.41, 5.74) is 0.489. The van der Waals surface area contributed by atoms with E-state index in [0.29, 0.717) is 11.3 Å². The molecule has 0 saturated carbocycles. The van der Waals surface area contributed by atoms with Crippen LogP contribution in [-0.2, 0) is 11.3 Å². The van der Waals surface area contributed by atoms with E-state index in [1.165, 1.54) is 12.3 Å². The average molecular weight is 290 g/mol. The molecule has 0 fully saturated rings. The van der Waals surface area contributed by atoms with E-state index in [9.17, 15) is 14.9 Å². The maximum absolute atomic E-state index is 10.9. The number of carbonyl (C=O) groups is 1. The van der Waals surface area contributed by atoms with Gasteiger partial charge in [-0.3, -0.25) is 14.9 Å². The molecule has 21 heavy (non-hydrogen) atoms. The fraction of sp³-hybridized carbons (Fsp3) is 0.214. The molecule has 1 aromatic heterocycles. The van der Waals surface area contributed by atoms with Crippen LogP contribution in [0.25, 0.3) is 0 Å². The van der Waals surface area contributed by atoms with Crippen LogP contribution in [0.1, 0.15) is 23.8 Å². The minimum Gasteiger partial charge on any atom is -0.481 e. The van der Waals surface area contributed by atoms with Gasteiger partial charge in [0.2, 0.25) is 0 Å². The molecule has 1 heterocycles. The summed E-state index contributed by atoms with van der Waals surface area (Å²) < 4.78 is 5.20. The van der Waals surface area contributed by atoms with Crippen LogP contribution >= 0.6 is 0 Å². The van der Waals surface area contributed by atoms with Crippen molar-refractivity contribution in [1.82, 2.24) is 5.32 Å². The van der Waals surface area contributed by atoms with Crippen molar-refractivity contribution in [3.63, 3.8) is 0 Å². The van der Waals surface area contributed by atoms with Gasteiger partial charge in [-0.05, 0) is 12.1 Å². The standard InChI is InChI=1S/C14H14N2O5/c17-14(18)8-11(13-6-3-7-21-13)15-9-10-4-1-2-5-12(10)16(19)20/h1-7,11,15H,8-9H2,(H,17,18)/t11-/m1/s1. The number of aliphatic carboxylic acids is 1. The zero-order chi connectivity index (χ0) is 15.2. The molecular formula is C14H14N2O5. The average Bonchev–Trinajstić information content (AvgIpc) is 2.97. The molecule has 7 heteroatoms. The number of nitro groups is 1. The topological polar surface area (TPSA) is 106 Å². The highest BCUT2D eigenvalue weighted by atomic mass is 16.6. The number of benzene rings is 1. The Kier molecular flexibility index (Phi) is 4.68.